The number of rotatable bonds is 0. The molecule has 0 saturated carbocycles. The zero-order valence-electron chi connectivity index (χ0n) is 9.19. The molecule has 0 fully saturated rings. The van der Waals surface area contributed by atoms with Crippen LogP contribution in [0.1, 0.15) is 5.56 Å². The Hall–Kier alpha value is -1.00. The fourth-order valence-corrected chi connectivity index (χ4v) is 3.47. The Morgan fingerprint density at radius 2 is 2.06 bits per heavy atom. The summed E-state index contributed by atoms with van der Waals surface area (Å²) in [6, 6.07) is 6.10. The molecule has 2 atom stereocenters. The van der Waals surface area contributed by atoms with Crippen molar-refractivity contribution in [1.82, 2.24) is 0 Å². The van der Waals surface area contributed by atoms with Crippen LogP contribution >= 0.6 is 31.9 Å². The molecule has 4 rings (SSSR count). The highest BCUT2D eigenvalue weighted by molar-refractivity contribution is 9.12. The molecule has 0 aromatic heterocycles. The van der Waals surface area contributed by atoms with E-state index in [9.17, 15) is 0 Å². The Morgan fingerprint density at radius 1 is 1.17 bits per heavy atom. The minimum Gasteiger partial charge on any atom is -0.485 e. The molecule has 3 aliphatic rings. The van der Waals surface area contributed by atoms with E-state index in [1.165, 1.54) is 5.57 Å². The second-order valence-corrected chi connectivity index (χ2v) is 6.23. The Labute approximate surface area is 121 Å². The highest BCUT2D eigenvalue weighted by atomic mass is 79.9. The van der Waals surface area contributed by atoms with Gasteiger partial charge in [-0.3, -0.25) is 0 Å². The lowest BCUT2D eigenvalue weighted by molar-refractivity contribution is 0.187. The number of halogens is 2. The molecule has 2 nitrogen and oxygen atoms in total. The van der Waals surface area contributed by atoms with Gasteiger partial charge in [0.15, 0.2) is 0 Å². The summed E-state index contributed by atoms with van der Waals surface area (Å²) in [5, 5.41) is 0. The number of allylic oxidation sites excluding steroid dienone is 2. The number of fused-ring (bicyclic) bond motifs is 2. The van der Waals surface area contributed by atoms with Crippen LogP contribution in [0.4, 0.5) is 0 Å². The summed E-state index contributed by atoms with van der Waals surface area (Å²) in [6.07, 6.45) is 5.94. The molecule has 0 radical (unpaired) electrons. The Balaban J connectivity index is 1.92. The van der Waals surface area contributed by atoms with Gasteiger partial charge in [0, 0.05) is 15.6 Å². The van der Waals surface area contributed by atoms with E-state index in [0.29, 0.717) is 0 Å². The Kier molecular flexibility index (Phi) is 2.26. The van der Waals surface area contributed by atoms with Gasteiger partial charge in [-0.1, -0.05) is 15.9 Å². The first kappa shape index (κ1) is 10.9. The molecule has 1 aromatic carbocycles. The smallest absolute Gasteiger partial charge is 0.131 e. The normalized spacial score (nSPS) is 27.1. The van der Waals surface area contributed by atoms with E-state index in [4.69, 9.17) is 9.47 Å². The van der Waals surface area contributed by atoms with Crippen molar-refractivity contribution in [2.24, 2.45) is 5.92 Å². The molecule has 2 unspecified atom stereocenters. The van der Waals surface area contributed by atoms with Crippen molar-refractivity contribution >= 4 is 37.4 Å². The summed E-state index contributed by atoms with van der Waals surface area (Å²) >= 11 is 7.00. The first-order valence-corrected chi connectivity index (χ1v) is 7.24. The zero-order valence-corrected chi connectivity index (χ0v) is 12.4. The van der Waals surface area contributed by atoms with E-state index < -0.39 is 0 Å². The largest absolute Gasteiger partial charge is 0.485 e. The lowest BCUT2D eigenvalue weighted by Gasteiger charge is -2.32. The SMILES string of the molecule is BrC1=C2OC=C3c4ccc(Br)cc4OC(C=C1)C32. The van der Waals surface area contributed by atoms with Crippen molar-refractivity contribution in [3.8, 4) is 5.75 Å². The summed E-state index contributed by atoms with van der Waals surface area (Å²) in [7, 11) is 0. The minimum absolute atomic E-state index is 0.0249. The maximum absolute atomic E-state index is 6.05. The molecule has 1 aliphatic carbocycles. The predicted molar refractivity (Wildman–Crippen MR) is 76.2 cm³/mol. The average molecular weight is 368 g/mol. The summed E-state index contributed by atoms with van der Waals surface area (Å²) in [6.45, 7) is 0. The molecule has 18 heavy (non-hydrogen) atoms. The first-order chi connectivity index (χ1) is 8.74. The molecule has 0 saturated heterocycles. The maximum atomic E-state index is 6.05. The van der Waals surface area contributed by atoms with Gasteiger partial charge in [-0.05, 0) is 46.3 Å². The van der Waals surface area contributed by atoms with Gasteiger partial charge in [0.2, 0.25) is 0 Å². The van der Waals surface area contributed by atoms with Crippen LogP contribution in [0.2, 0.25) is 0 Å². The van der Waals surface area contributed by atoms with Crippen LogP contribution in [0.5, 0.6) is 5.75 Å². The van der Waals surface area contributed by atoms with Crippen LogP contribution in [-0.2, 0) is 4.74 Å². The van der Waals surface area contributed by atoms with Gasteiger partial charge in [0.05, 0.1) is 16.7 Å². The van der Waals surface area contributed by atoms with Crippen molar-refractivity contribution in [2.75, 3.05) is 0 Å². The van der Waals surface area contributed by atoms with Crippen LogP contribution in [-0.4, -0.2) is 6.10 Å². The molecular formula is C14H8Br2O2. The quantitative estimate of drug-likeness (QED) is 0.677. The molecule has 4 heteroatoms. The fourth-order valence-electron chi connectivity index (χ4n) is 2.64. The minimum atomic E-state index is 0.0249. The summed E-state index contributed by atoms with van der Waals surface area (Å²) in [5.74, 6) is 2.04. The van der Waals surface area contributed by atoms with Crippen LogP contribution in [0.25, 0.3) is 5.57 Å². The highest BCUT2D eigenvalue weighted by Crippen LogP contribution is 2.50. The molecule has 0 amide bonds. The molecule has 1 aromatic rings. The number of benzene rings is 1. The van der Waals surface area contributed by atoms with Crippen LogP contribution in [0.3, 0.4) is 0 Å². The van der Waals surface area contributed by atoms with E-state index in [0.717, 1.165) is 26.0 Å². The lowest BCUT2D eigenvalue weighted by atomic mass is 9.83. The number of ether oxygens (including phenoxy) is 2. The highest BCUT2D eigenvalue weighted by Gasteiger charge is 2.42. The summed E-state index contributed by atoms with van der Waals surface area (Å²) in [5.41, 5.74) is 2.31. The number of hydrogen-bond donors (Lipinski definition) is 0. The van der Waals surface area contributed by atoms with Gasteiger partial charge < -0.3 is 9.47 Å². The van der Waals surface area contributed by atoms with Gasteiger partial charge in [-0.15, -0.1) is 0 Å². The third-order valence-electron chi connectivity index (χ3n) is 3.44. The maximum Gasteiger partial charge on any atom is 0.131 e. The summed E-state index contributed by atoms with van der Waals surface area (Å²) < 4.78 is 13.8. The van der Waals surface area contributed by atoms with E-state index in [1.807, 2.05) is 24.5 Å². The average Bonchev–Trinajstić information content (AvgIpc) is 2.80. The molecule has 2 heterocycles. The molecule has 90 valence electrons. The van der Waals surface area contributed by atoms with E-state index in [2.05, 4.69) is 44.0 Å². The van der Waals surface area contributed by atoms with E-state index >= 15 is 0 Å². The van der Waals surface area contributed by atoms with Crippen molar-refractivity contribution in [3.63, 3.8) is 0 Å². The van der Waals surface area contributed by atoms with Crippen molar-refractivity contribution in [1.29, 1.82) is 0 Å². The van der Waals surface area contributed by atoms with Gasteiger partial charge in [0.1, 0.15) is 17.6 Å². The van der Waals surface area contributed by atoms with Gasteiger partial charge in [-0.2, -0.15) is 0 Å². The van der Waals surface area contributed by atoms with E-state index in [1.54, 1.807) is 0 Å². The van der Waals surface area contributed by atoms with Crippen LogP contribution < -0.4 is 4.74 Å². The van der Waals surface area contributed by atoms with Gasteiger partial charge in [0.25, 0.3) is 0 Å². The predicted octanol–water partition coefficient (Wildman–Crippen LogP) is 4.37. The van der Waals surface area contributed by atoms with Gasteiger partial charge >= 0.3 is 0 Å². The molecule has 0 N–H and O–H groups in total. The summed E-state index contributed by atoms with van der Waals surface area (Å²) in [4.78, 5) is 0. The first-order valence-electron chi connectivity index (χ1n) is 5.65. The molecular weight excluding hydrogens is 360 g/mol. The van der Waals surface area contributed by atoms with Crippen molar-refractivity contribution in [3.05, 3.63) is 56.9 Å². The third kappa shape index (κ3) is 1.39. The Morgan fingerprint density at radius 3 is 2.94 bits per heavy atom. The number of hydrogen-bond acceptors (Lipinski definition) is 2. The third-order valence-corrected chi connectivity index (χ3v) is 4.59. The van der Waals surface area contributed by atoms with Crippen LogP contribution in [0.15, 0.2) is 51.3 Å². The van der Waals surface area contributed by atoms with Gasteiger partial charge in [-0.25, -0.2) is 0 Å². The molecule has 0 spiro atoms. The second-order valence-electron chi connectivity index (χ2n) is 4.46. The lowest BCUT2D eigenvalue weighted by Crippen LogP contribution is -2.31. The molecule has 0 bridgehead atoms. The molecule has 2 aliphatic heterocycles. The standard InChI is InChI=1S/C14H8Br2O2/c15-7-1-2-8-9-6-17-14-10(16)3-4-11(13(9)14)18-12(8)5-7/h1-6,11,13H. The monoisotopic (exact) mass is 366 g/mol. The Bertz CT molecular complexity index is 643. The fraction of sp³-hybridized carbons (Fsp3) is 0.143. The van der Waals surface area contributed by atoms with E-state index in [-0.39, 0.29) is 12.0 Å². The van der Waals surface area contributed by atoms with Crippen molar-refractivity contribution < 1.29 is 9.47 Å². The van der Waals surface area contributed by atoms with Crippen LogP contribution in [0, 0.1) is 5.92 Å². The van der Waals surface area contributed by atoms with Crippen molar-refractivity contribution in [2.45, 2.75) is 6.10 Å². The second kappa shape index (κ2) is 3.75. The topological polar surface area (TPSA) is 18.5 Å². The zero-order chi connectivity index (χ0) is 12.3.